The minimum atomic E-state index is -4.64. The summed E-state index contributed by atoms with van der Waals surface area (Å²) in [5, 5.41) is 17.0. The molecule has 0 aliphatic rings. The second-order valence-electron chi connectivity index (χ2n) is 6.41. The Morgan fingerprint density at radius 3 is 2.73 bits per heavy atom. The van der Waals surface area contributed by atoms with Crippen LogP contribution in [0.15, 0.2) is 48.8 Å². The lowest BCUT2D eigenvalue weighted by Crippen LogP contribution is -2.09. The lowest BCUT2D eigenvalue weighted by Gasteiger charge is -2.15. The average molecular weight is 410 g/mol. The number of benzene rings is 1. The first-order valence-corrected chi connectivity index (χ1v) is 8.70. The molecule has 0 unspecified atom stereocenters. The quantitative estimate of drug-likeness (QED) is 0.507. The molecule has 3 aromatic heterocycles. The highest BCUT2D eigenvalue weighted by Gasteiger charge is 2.35. The van der Waals surface area contributed by atoms with E-state index >= 15 is 0 Å². The number of aromatic nitrogens is 5. The standard InChI is InChI=1S/C20H13F3N6O/c1-29-17-8-15(26-16(9-24)19(17)27-28-29)13-4-5-18(14(7-13)20(21,22)23)30-11-12-3-2-6-25-10-12/h2-8,10H,11H2,1H3. The predicted molar refractivity (Wildman–Crippen MR) is 100 cm³/mol. The molecule has 0 aliphatic heterocycles. The van der Waals surface area contributed by atoms with Crippen molar-refractivity contribution in [2.75, 3.05) is 0 Å². The molecule has 0 spiro atoms. The SMILES string of the molecule is Cn1nnc2c(C#N)nc(-c3ccc(OCc4cccnc4)c(C(F)(F)F)c3)cc21. The third-order valence-electron chi connectivity index (χ3n) is 4.40. The summed E-state index contributed by atoms with van der Waals surface area (Å²) in [7, 11) is 1.62. The van der Waals surface area contributed by atoms with Gasteiger partial charge in [0.05, 0.1) is 16.8 Å². The molecule has 0 N–H and O–H groups in total. The van der Waals surface area contributed by atoms with Crippen LogP contribution in [0.2, 0.25) is 0 Å². The van der Waals surface area contributed by atoms with E-state index in [0.717, 1.165) is 6.07 Å². The van der Waals surface area contributed by atoms with Crippen LogP contribution in [0.3, 0.4) is 0 Å². The van der Waals surface area contributed by atoms with E-state index in [1.54, 1.807) is 31.4 Å². The molecular weight excluding hydrogens is 397 g/mol. The first-order valence-electron chi connectivity index (χ1n) is 8.70. The van der Waals surface area contributed by atoms with E-state index < -0.39 is 11.7 Å². The summed E-state index contributed by atoms with van der Waals surface area (Å²) in [5.74, 6) is -0.307. The van der Waals surface area contributed by atoms with E-state index in [9.17, 15) is 18.4 Å². The van der Waals surface area contributed by atoms with Crippen LogP contribution in [0, 0.1) is 11.3 Å². The molecule has 0 saturated heterocycles. The highest BCUT2D eigenvalue weighted by molar-refractivity contribution is 5.83. The number of pyridine rings is 2. The van der Waals surface area contributed by atoms with Gasteiger partial charge in [0.1, 0.15) is 23.9 Å². The van der Waals surface area contributed by atoms with Gasteiger partial charge in [0.15, 0.2) is 5.69 Å². The Kier molecular flexibility index (Phi) is 4.79. The van der Waals surface area contributed by atoms with Crippen molar-refractivity contribution in [1.82, 2.24) is 25.0 Å². The molecule has 30 heavy (non-hydrogen) atoms. The Morgan fingerprint density at radius 2 is 2.03 bits per heavy atom. The Balaban J connectivity index is 1.76. The molecule has 0 fully saturated rings. The molecule has 150 valence electrons. The van der Waals surface area contributed by atoms with E-state index in [1.165, 1.54) is 23.0 Å². The van der Waals surface area contributed by atoms with E-state index in [-0.39, 0.29) is 34.8 Å². The minimum absolute atomic E-state index is 0.0129. The van der Waals surface area contributed by atoms with Crippen molar-refractivity contribution in [2.24, 2.45) is 7.05 Å². The van der Waals surface area contributed by atoms with Crippen molar-refractivity contribution >= 4 is 11.0 Å². The van der Waals surface area contributed by atoms with Gasteiger partial charge in [0.2, 0.25) is 0 Å². The second kappa shape index (κ2) is 7.44. The summed E-state index contributed by atoms with van der Waals surface area (Å²) in [6.45, 7) is -0.0558. The Hall–Kier alpha value is -4.00. The lowest BCUT2D eigenvalue weighted by atomic mass is 10.1. The number of aryl methyl sites for hydroxylation is 1. The van der Waals surface area contributed by atoms with Gasteiger partial charge in [0.25, 0.3) is 0 Å². The van der Waals surface area contributed by atoms with Crippen molar-refractivity contribution in [3.05, 3.63) is 65.6 Å². The van der Waals surface area contributed by atoms with E-state index in [0.29, 0.717) is 11.1 Å². The fourth-order valence-corrected chi connectivity index (χ4v) is 2.94. The molecular formula is C20H13F3N6O. The molecule has 0 radical (unpaired) electrons. The summed E-state index contributed by atoms with van der Waals surface area (Å²) in [6, 6.07) is 10.5. The molecule has 4 aromatic rings. The first kappa shape index (κ1) is 19.3. The Labute approximate surface area is 168 Å². The average Bonchev–Trinajstić information content (AvgIpc) is 3.12. The molecule has 0 bridgehead atoms. The number of halogens is 3. The summed E-state index contributed by atoms with van der Waals surface area (Å²) in [6.07, 6.45) is -1.56. The number of alkyl halides is 3. The normalized spacial score (nSPS) is 11.4. The largest absolute Gasteiger partial charge is 0.488 e. The van der Waals surface area contributed by atoms with E-state index in [4.69, 9.17) is 4.74 Å². The van der Waals surface area contributed by atoms with Crippen LogP contribution in [0.25, 0.3) is 22.3 Å². The topological polar surface area (TPSA) is 89.5 Å². The number of ether oxygens (including phenoxy) is 1. The second-order valence-corrected chi connectivity index (χ2v) is 6.41. The van der Waals surface area contributed by atoms with Gasteiger partial charge in [0, 0.05) is 30.6 Å². The molecule has 0 aliphatic carbocycles. The molecule has 7 nitrogen and oxygen atoms in total. The van der Waals surface area contributed by atoms with Gasteiger partial charge in [-0.3, -0.25) is 4.98 Å². The molecule has 0 amide bonds. The zero-order chi connectivity index (χ0) is 21.3. The fraction of sp³-hybridized carbons (Fsp3) is 0.150. The lowest BCUT2D eigenvalue weighted by molar-refractivity contribution is -0.139. The molecule has 3 heterocycles. The summed E-state index contributed by atoms with van der Waals surface area (Å²) < 4.78 is 47.9. The highest BCUT2D eigenvalue weighted by atomic mass is 19.4. The Morgan fingerprint density at radius 1 is 1.20 bits per heavy atom. The maximum Gasteiger partial charge on any atom is 0.419 e. The third kappa shape index (κ3) is 3.65. The maximum absolute atomic E-state index is 13.7. The van der Waals surface area contributed by atoms with Crippen molar-refractivity contribution in [2.45, 2.75) is 12.8 Å². The predicted octanol–water partition coefficient (Wildman–Crippen LogP) is 3.89. The van der Waals surface area contributed by atoms with E-state index in [2.05, 4.69) is 20.3 Å². The summed E-state index contributed by atoms with van der Waals surface area (Å²) in [5.41, 5.74) is 0.861. The molecule has 10 heteroatoms. The van der Waals surface area contributed by atoms with Gasteiger partial charge < -0.3 is 4.74 Å². The van der Waals surface area contributed by atoms with Gasteiger partial charge in [-0.15, -0.1) is 5.10 Å². The van der Waals surface area contributed by atoms with Crippen molar-refractivity contribution in [3.8, 4) is 23.1 Å². The van der Waals surface area contributed by atoms with Crippen LogP contribution < -0.4 is 4.74 Å². The van der Waals surface area contributed by atoms with Crippen LogP contribution in [0.4, 0.5) is 13.2 Å². The zero-order valence-corrected chi connectivity index (χ0v) is 15.6. The third-order valence-corrected chi connectivity index (χ3v) is 4.40. The van der Waals surface area contributed by atoms with Crippen LogP contribution in [0.5, 0.6) is 5.75 Å². The van der Waals surface area contributed by atoms with Crippen molar-refractivity contribution in [3.63, 3.8) is 0 Å². The van der Waals surface area contributed by atoms with Crippen LogP contribution in [0.1, 0.15) is 16.8 Å². The highest BCUT2D eigenvalue weighted by Crippen LogP contribution is 2.39. The van der Waals surface area contributed by atoms with Crippen molar-refractivity contribution in [1.29, 1.82) is 5.26 Å². The monoisotopic (exact) mass is 410 g/mol. The number of hydrogen-bond acceptors (Lipinski definition) is 6. The van der Waals surface area contributed by atoms with Crippen LogP contribution >= 0.6 is 0 Å². The smallest absolute Gasteiger partial charge is 0.419 e. The molecule has 0 saturated carbocycles. The van der Waals surface area contributed by atoms with Gasteiger partial charge >= 0.3 is 6.18 Å². The number of fused-ring (bicyclic) bond motifs is 1. The summed E-state index contributed by atoms with van der Waals surface area (Å²) in [4.78, 5) is 8.07. The van der Waals surface area contributed by atoms with Crippen molar-refractivity contribution < 1.29 is 17.9 Å². The zero-order valence-electron chi connectivity index (χ0n) is 15.6. The Bertz CT molecular complexity index is 1260. The molecule has 1 aromatic carbocycles. The minimum Gasteiger partial charge on any atom is -0.488 e. The first-order chi connectivity index (χ1) is 14.4. The van der Waals surface area contributed by atoms with Crippen LogP contribution in [-0.2, 0) is 19.8 Å². The van der Waals surface area contributed by atoms with Gasteiger partial charge in [-0.05, 0) is 30.3 Å². The van der Waals surface area contributed by atoms with Gasteiger partial charge in [-0.2, -0.15) is 18.4 Å². The maximum atomic E-state index is 13.7. The fourth-order valence-electron chi connectivity index (χ4n) is 2.94. The number of nitriles is 1. The number of hydrogen-bond donors (Lipinski definition) is 0. The van der Waals surface area contributed by atoms with Gasteiger partial charge in [-0.25, -0.2) is 9.67 Å². The van der Waals surface area contributed by atoms with Gasteiger partial charge in [-0.1, -0.05) is 11.3 Å². The molecule has 4 rings (SSSR count). The molecule has 0 atom stereocenters. The number of nitrogens with zero attached hydrogens (tertiary/aromatic N) is 6. The van der Waals surface area contributed by atoms with E-state index in [1.807, 2.05) is 6.07 Å². The number of rotatable bonds is 4. The summed E-state index contributed by atoms with van der Waals surface area (Å²) >= 11 is 0. The van der Waals surface area contributed by atoms with Crippen LogP contribution in [-0.4, -0.2) is 25.0 Å².